The van der Waals surface area contributed by atoms with Gasteiger partial charge < -0.3 is 19.0 Å². The molecule has 138 valence electrons. The monoisotopic (exact) mass is 358 g/mol. The van der Waals surface area contributed by atoms with Gasteiger partial charge in [-0.3, -0.25) is 4.79 Å². The van der Waals surface area contributed by atoms with E-state index in [1.165, 1.54) is 0 Å². The molecule has 0 unspecified atom stereocenters. The molecule has 3 aliphatic heterocycles. The minimum absolute atomic E-state index is 0.149. The number of furan rings is 1. The van der Waals surface area contributed by atoms with Crippen molar-refractivity contribution >= 4 is 11.9 Å². The number of carbonyl (C=O) groups is 2. The third-order valence-electron chi connectivity index (χ3n) is 7.51. The number of carbonyl (C=O) groups excluding carboxylic acids is 2. The van der Waals surface area contributed by atoms with Crippen LogP contribution in [0.1, 0.15) is 44.8 Å². The molecule has 0 spiro atoms. The van der Waals surface area contributed by atoms with E-state index in [-0.39, 0.29) is 23.9 Å². The summed E-state index contributed by atoms with van der Waals surface area (Å²) in [5.41, 5.74) is -1.91. The number of hydrogen-bond acceptors (Lipinski definition) is 6. The van der Waals surface area contributed by atoms with Crippen LogP contribution in [0.3, 0.4) is 0 Å². The zero-order valence-electron chi connectivity index (χ0n) is 14.8. The van der Waals surface area contributed by atoms with Gasteiger partial charge in [-0.15, -0.1) is 0 Å². The zero-order chi connectivity index (χ0) is 18.3. The summed E-state index contributed by atoms with van der Waals surface area (Å²) < 4.78 is 16.4. The van der Waals surface area contributed by atoms with E-state index in [0.29, 0.717) is 19.3 Å². The molecule has 7 atom stereocenters. The van der Waals surface area contributed by atoms with Gasteiger partial charge in [-0.1, -0.05) is 13.8 Å². The molecule has 1 aromatic rings. The summed E-state index contributed by atoms with van der Waals surface area (Å²) >= 11 is 0. The van der Waals surface area contributed by atoms with Crippen molar-refractivity contribution in [1.82, 2.24) is 0 Å². The SMILES string of the molecule is C[C@]12C[C@@H](c3ccoc3)OC(=O)[C@H]1CC[C@@]1(C)[C@@H]2[C@H]2C=C[C@]1(O)C(=O)O2. The second kappa shape index (κ2) is 4.80. The lowest BCUT2D eigenvalue weighted by Gasteiger charge is -2.65. The molecule has 2 aliphatic carbocycles. The quantitative estimate of drug-likeness (QED) is 0.613. The van der Waals surface area contributed by atoms with Crippen molar-refractivity contribution in [3.05, 3.63) is 36.3 Å². The number of rotatable bonds is 1. The molecule has 0 amide bonds. The van der Waals surface area contributed by atoms with Crippen molar-refractivity contribution < 1.29 is 28.6 Å². The first-order valence-electron chi connectivity index (χ1n) is 9.15. The number of fused-ring (bicyclic) bond motifs is 2. The summed E-state index contributed by atoms with van der Waals surface area (Å²) in [5, 5.41) is 11.2. The van der Waals surface area contributed by atoms with Gasteiger partial charge in [0.2, 0.25) is 0 Å². The molecule has 4 heterocycles. The third-order valence-corrected chi connectivity index (χ3v) is 7.51. The molecule has 6 heteroatoms. The summed E-state index contributed by atoms with van der Waals surface area (Å²) in [5.74, 6) is -1.20. The lowest BCUT2D eigenvalue weighted by atomic mass is 9.42. The zero-order valence-corrected chi connectivity index (χ0v) is 14.8. The molecular weight excluding hydrogens is 336 g/mol. The molecule has 3 fully saturated rings. The normalized spacial score (nSPS) is 49.2. The minimum Gasteiger partial charge on any atom is -0.472 e. The maximum atomic E-state index is 12.8. The highest BCUT2D eigenvalue weighted by Gasteiger charge is 2.72. The van der Waals surface area contributed by atoms with Crippen LogP contribution in [0.2, 0.25) is 0 Å². The van der Waals surface area contributed by atoms with E-state index >= 15 is 0 Å². The highest BCUT2D eigenvalue weighted by Crippen LogP contribution is 2.67. The van der Waals surface area contributed by atoms with Crippen LogP contribution in [-0.2, 0) is 19.1 Å². The second-order valence-corrected chi connectivity index (χ2v) is 8.67. The molecule has 1 aromatic heterocycles. The van der Waals surface area contributed by atoms with Crippen LogP contribution < -0.4 is 0 Å². The van der Waals surface area contributed by atoms with Crippen LogP contribution in [0, 0.1) is 22.7 Å². The first kappa shape index (κ1) is 16.1. The summed E-state index contributed by atoms with van der Waals surface area (Å²) in [6, 6.07) is 1.81. The molecule has 1 N–H and O–H groups in total. The summed E-state index contributed by atoms with van der Waals surface area (Å²) in [4.78, 5) is 25.2. The average molecular weight is 358 g/mol. The predicted octanol–water partition coefficient (Wildman–Crippen LogP) is 2.53. The van der Waals surface area contributed by atoms with Gasteiger partial charge in [0.25, 0.3) is 0 Å². The van der Waals surface area contributed by atoms with Gasteiger partial charge in [-0.2, -0.15) is 0 Å². The van der Waals surface area contributed by atoms with E-state index in [1.807, 2.05) is 13.0 Å². The maximum Gasteiger partial charge on any atom is 0.343 e. The summed E-state index contributed by atoms with van der Waals surface area (Å²) in [6.07, 6.45) is 7.52. The van der Waals surface area contributed by atoms with Gasteiger partial charge in [0, 0.05) is 16.9 Å². The summed E-state index contributed by atoms with van der Waals surface area (Å²) in [7, 11) is 0. The van der Waals surface area contributed by atoms with Crippen LogP contribution in [0.15, 0.2) is 35.2 Å². The van der Waals surface area contributed by atoms with E-state index in [2.05, 4.69) is 6.92 Å². The van der Waals surface area contributed by atoms with Crippen LogP contribution in [0.5, 0.6) is 0 Å². The molecule has 2 saturated heterocycles. The Balaban J connectivity index is 1.61. The van der Waals surface area contributed by atoms with Gasteiger partial charge in [-0.05, 0) is 42.9 Å². The molecular formula is C20H22O6. The number of aliphatic hydroxyl groups is 1. The van der Waals surface area contributed by atoms with Gasteiger partial charge in [0.1, 0.15) is 12.2 Å². The molecule has 6 nitrogen and oxygen atoms in total. The lowest BCUT2D eigenvalue weighted by molar-refractivity contribution is -0.259. The minimum atomic E-state index is -1.63. The van der Waals surface area contributed by atoms with E-state index < -0.39 is 28.5 Å². The van der Waals surface area contributed by atoms with Crippen LogP contribution >= 0.6 is 0 Å². The molecule has 2 bridgehead atoms. The highest BCUT2D eigenvalue weighted by molar-refractivity contribution is 5.86. The fourth-order valence-electron chi connectivity index (χ4n) is 6.16. The fraction of sp³-hybridized carbons (Fsp3) is 0.600. The van der Waals surface area contributed by atoms with Gasteiger partial charge in [0.05, 0.1) is 18.4 Å². The van der Waals surface area contributed by atoms with Crippen molar-refractivity contribution in [2.24, 2.45) is 22.7 Å². The van der Waals surface area contributed by atoms with E-state index in [9.17, 15) is 14.7 Å². The molecule has 0 aromatic carbocycles. The number of esters is 2. The average Bonchev–Trinajstić information content (AvgIpc) is 3.10. The molecule has 0 radical (unpaired) electrons. The Morgan fingerprint density at radius 1 is 1.23 bits per heavy atom. The Bertz CT molecular complexity index is 812. The Morgan fingerprint density at radius 2 is 2.04 bits per heavy atom. The van der Waals surface area contributed by atoms with Crippen molar-refractivity contribution in [3.63, 3.8) is 0 Å². The molecule has 5 aliphatic rings. The van der Waals surface area contributed by atoms with Gasteiger partial charge >= 0.3 is 11.9 Å². The van der Waals surface area contributed by atoms with Crippen LogP contribution in [0.4, 0.5) is 0 Å². The molecule has 6 rings (SSSR count). The number of cyclic esters (lactones) is 1. The Labute approximate surface area is 151 Å². The van der Waals surface area contributed by atoms with Crippen LogP contribution in [-0.4, -0.2) is 28.8 Å². The maximum absolute atomic E-state index is 12.8. The van der Waals surface area contributed by atoms with Crippen molar-refractivity contribution in [1.29, 1.82) is 0 Å². The lowest BCUT2D eigenvalue weighted by Crippen LogP contribution is -2.72. The number of hydrogen-bond donors (Lipinski definition) is 1. The fourth-order valence-corrected chi connectivity index (χ4v) is 6.16. The van der Waals surface area contributed by atoms with E-state index in [4.69, 9.17) is 13.9 Å². The third kappa shape index (κ3) is 1.71. The Hall–Kier alpha value is -2.08. The molecule has 1 saturated carbocycles. The smallest absolute Gasteiger partial charge is 0.343 e. The molecule has 26 heavy (non-hydrogen) atoms. The highest BCUT2D eigenvalue weighted by atomic mass is 16.6. The van der Waals surface area contributed by atoms with Crippen molar-refractivity contribution in [2.45, 2.75) is 50.9 Å². The van der Waals surface area contributed by atoms with E-state index in [0.717, 1.165) is 5.56 Å². The van der Waals surface area contributed by atoms with Gasteiger partial charge in [-0.25, -0.2) is 4.79 Å². The second-order valence-electron chi connectivity index (χ2n) is 8.67. The van der Waals surface area contributed by atoms with Crippen LogP contribution in [0.25, 0.3) is 0 Å². The largest absolute Gasteiger partial charge is 0.472 e. The Morgan fingerprint density at radius 3 is 2.73 bits per heavy atom. The Kier molecular flexibility index (Phi) is 2.97. The van der Waals surface area contributed by atoms with Crippen molar-refractivity contribution in [2.75, 3.05) is 0 Å². The predicted molar refractivity (Wildman–Crippen MR) is 88.6 cm³/mol. The van der Waals surface area contributed by atoms with Crippen molar-refractivity contribution in [3.8, 4) is 0 Å². The van der Waals surface area contributed by atoms with Gasteiger partial charge in [0.15, 0.2) is 5.60 Å². The summed E-state index contributed by atoms with van der Waals surface area (Å²) in [6.45, 7) is 4.04. The topological polar surface area (TPSA) is 86.0 Å². The number of ether oxygens (including phenoxy) is 2. The van der Waals surface area contributed by atoms with E-state index in [1.54, 1.807) is 24.7 Å². The first-order chi connectivity index (χ1) is 12.3. The standard InChI is InChI=1S/C20H22O6/c1-18-9-14(11-5-8-24-10-11)25-16(21)12(18)3-6-19(2)15(18)13-4-7-20(19,23)17(22)26-13/h4-5,7-8,10,12-15,23H,3,6,9H2,1-2H3/t12-,13-,14+,15-,18+,19+,20+/m1/s1. The first-order valence-corrected chi connectivity index (χ1v) is 9.15.